The molecule has 0 heterocycles. The van der Waals surface area contributed by atoms with Gasteiger partial charge in [-0.1, -0.05) is 22.9 Å². The van der Waals surface area contributed by atoms with Crippen molar-refractivity contribution in [3.05, 3.63) is 32.8 Å². The Bertz CT molecular complexity index is 502. The zero-order chi connectivity index (χ0) is 13.7. The summed E-state index contributed by atoms with van der Waals surface area (Å²) in [6.45, 7) is 1.71. The van der Waals surface area contributed by atoms with Gasteiger partial charge in [-0.25, -0.2) is 0 Å². The number of nitrogens with zero attached hydrogens (tertiary/aromatic N) is 2. The zero-order valence-corrected chi connectivity index (χ0v) is 11.1. The summed E-state index contributed by atoms with van der Waals surface area (Å²) >= 11 is 3.19. The van der Waals surface area contributed by atoms with Gasteiger partial charge in [0, 0.05) is 16.8 Å². The van der Waals surface area contributed by atoms with Crippen molar-refractivity contribution in [2.24, 2.45) is 10.9 Å². The maximum absolute atomic E-state index is 10.8. The largest absolute Gasteiger partial charge is 0.481 e. The number of aliphatic carboxylic acids is 1. The van der Waals surface area contributed by atoms with Crippen molar-refractivity contribution in [1.82, 2.24) is 0 Å². The molecule has 0 aliphatic carbocycles. The van der Waals surface area contributed by atoms with Crippen LogP contribution < -0.4 is 0 Å². The van der Waals surface area contributed by atoms with Crippen LogP contribution in [0.5, 0.6) is 0 Å². The Morgan fingerprint density at radius 3 is 2.83 bits per heavy atom. The van der Waals surface area contributed by atoms with E-state index < -0.39 is 16.8 Å². The Hall–Kier alpha value is -1.76. The average Bonchev–Trinajstić information content (AvgIpc) is 2.29. The smallest absolute Gasteiger partial charge is 0.311 e. The summed E-state index contributed by atoms with van der Waals surface area (Å²) < 4.78 is 0.642. The molecule has 0 bridgehead atoms. The molecule has 7 heteroatoms. The molecule has 0 saturated heterocycles. The van der Waals surface area contributed by atoms with Gasteiger partial charge < -0.3 is 5.11 Å². The van der Waals surface area contributed by atoms with Gasteiger partial charge in [0.2, 0.25) is 0 Å². The standard InChI is InChI=1S/C11H11BrN2O4/c1-2-7(11(15)16)6-13-9-5-8(12)3-4-10(9)14(17)18/h3-7H,2H2,1H3,(H,15,16). The van der Waals surface area contributed by atoms with E-state index in [9.17, 15) is 14.9 Å². The van der Waals surface area contributed by atoms with Gasteiger partial charge in [0.05, 0.1) is 10.8 Å². The predicted octanol–water partition coefficient (Wildman–Crippen LogP) is 3.17. The van der Waals surface area contributed by atoms with Crippen LogP contribution in [0.25, 0.3) is 0 Å². The number of hydrogen-bond acceptors (Lipinski definition) is 4. The number of rotatable bonds is 5. The van der Waals surface area contributed by atoms with Crippen LogP contribution in [0.4, 0.5) is 11.4 Å². The molecule has 6 nitrogen and oxygen atoms in total. The van der Waals surface area contributed by atoms with E-state index in [1.54, 1.807) is 6.92 Å². The molecule has 1 aromatic rings. The quantitative estimate of drug-likeness (QED) is 0.513. The highest BCUT2D eigenvalue weighted by atomic mass is 79.9. The van der Waals surface area contributed by atoms with Crippen LogP contribution in [0.2, 0.25) is 0 Å². The van der Waals surface area contributed by atoms with Crippen molar-refractivity contribution in [2.75, 3.05) is 0 Å². The van der Waals surface area contributed by atoms with Gasteiger partial charge in [-0.05, 0) is 18.6 Å². The van der Waals surface area contributed by atoms with Crippen LogP contribution in [-0.2, 0) is 4.79 Å². The molecule has 1 rings (SSSR count). The number of carboxylic acid groups (broad SMARTS) is 1. The molecule has 0 amide bonds. The second kappa shape index (κ2) is 6.25. The van der Waals surface area contributed by atoms with E-state index in [0.29, 0.717) is 10.9 Å². The Morgan fingerprint density at radius 2 is 2.33 bits per heavy atom. The Morgan fingerprint density at radius 1 is 1.67 bits per heavy atom. The molecule has 1 unspecified atom stereocenters. The van der Waals surface area contributed by atoms with Crippen molar-refractivity contribution in [3.8, 4) is 0 Å². The lowest BCUT2D eigenvalue weighted by Gasteiger charge is -2.02. The molecule has 1 atom stereocenters. The minimum atomic E-state index is -1.00. The molecular weight excluding hydrogens is 304 g/mol. The van der Waals surface area contributed by atoms with Gasteiger partial charge in [0.15, 0.2) is 0 Å². The summed E-state index contributed by atoms with van der Waals surface area (Å²) in [4.78, 5) is 24.9. The second-order valence-corrected chi connectivity index (χ2v) is 4.44. The number of benzene rings is 1. The Labute approximate surface area is 112 Å². The van der Waals surface area contributed by atoms with E-state index in [2.05, 4.69) is 20.9 Å². The number of halogens is 1. The monoisotopic (exact) mass is 314 g/mol. The number of carboxylic acids is 1. The lowest BCUT2D eigenvalue weighted by atomic mass is 10.1. The predicted molar refractivity (Wildman–Crippen MR) is 70.4 cm³/mol. The van der Waals surface area contributed by atoms with E-state index in [-0.39, 0.29) is 11.4 Å². The lowest BCUT2D eigenvalue weighted by molar-refractivity contribution is -0.384. The van der Waals surface area contributed by atoms with Crippen molar-refractivity contribution in [1.29, 1.82) is 0 Å². The van der Waals surface area contributed by atoms with Gasteiger partial charge in [-0.3, -0.25) is 19.9 Å². The van der Waals surface area contributed by atoms with E-state index >= 15 is 0 Å². The molecule has 0 spiro atoms. The summed E-state index contributed by atoms with van der Waals surface area (Å²) in [5.74, 6) is -1.75. The molecule has 0 saturated carbocycles. The molecule has 96 valence electrons. The fraction of sp³-hybridized carbons (Fsp3) is 0.273. The minimum Gasteiger partial charge on any atom is -0.481 e. The Kier molecular flexibility index (Phi) is 4.96. The number of nitro benzene ring substituents is 1. The molecule has 1 aromatic carbocycles. The summed E-state index contributed by atoms with van der Waals surface area (Å²) in [5.41, 5.74) is -0.0243. The fourth-order valence-corrected chi connectivity index (χ4v) is 1.62. The van der Waals surface area contributed by atoms with Crippen molar-refractivity contribution in [2.45, 2.75) is 13.3 Å². The van der Waals surface area contributed by atoms with E-state index in [1.807, 2.05) is 0 Å². The first-order valence-electron chi connectivity index (χ1n) is 5.16. The summed E-state index contributed by atoms with van der Waals surface area (Å²) in [6, 6.07) is 4.33. The van der Waals surface area contributed by atoms with Crippen molar-refractivity contribution >= 4 is 39.5 Å². The highest BCUT2D eigenvalue weighted by Crippen LogP contribution is 2.30. The van der Waals surface area contributed by atoms with Gasteiger partial charge in [0.25, 0.3) is 5.69 Å². The first-order chi connectivity index (χ1) is 8.45. The van der Waals surface area contributed by atoms with Crippen molar-refractivity contribution < 1.29 is 14.8 Å². The number of hydrogen-bond donors (Lipinski definition) is 1. The van der Waals surface area contributed by atoms with Crippen LogP contribution in [-0.4, -0.2) is 22.2 Å². The maximum Gasteiger partial charge on any atom is 0.311 e. The van der Waals surface area contributed by atoms with Gasteiger partial charge in [0.1, 0.15) is 5.69 Å². The van der Waals surface area contributed by atoms with E-state index in [4.69, 9.17) is 5.11 Å². The Balaban J connectivity index is 3.09. The second-order valence-electron chi connectivity index (χ2n) is 3.52. The average molecular weight is 315 g/mol. The van der Waals surface area contributed by atoms with Crippen LogP contribution in [0.1, 0.15) is 13.3 Å². The fourth-order valence-electron chi connectivity index (χ4n) is 1.27. The maximum atomic E-state index is 10.8. The highest BCUT2D eigenvalue weighted by molar-refractivity contribution is 9.10. The third-order valence-corrected chi connectivity index (χ3v) is 2.78. The third kappa shape index (κ3) is 3.63. The molecule has 1 N–H and O–H groups in total. The number of nitro groups is 1. The van der Waals surface area contributed by atoms with Crippen LogP contribution in [0.15, 0.2) is 27.7 Å². The molecule has 0 fully saturated rings. The van der Waals surface area contributed by atoms with Gasteiger partial charge in [-0.15, -0.1) is 0 Å². The van der Waals surface area contributed by atoms with Crippen molar-refractivity contribution in [3.63, 3.8) is 0 Å². The van der Waals surface area contributed by atoms with Gasteiger partial charge >= 0.3 is 5.97 Å². The van der Waals surface area contributed by atoms with E-state index in [0.717, 1.165) is 0 Å². The molecule has 18 heavy (non-hydrogen) atoms. The summed E-state index contributed by atoms with van der Waals surface area (Å²) in [5, 5.41) is 19.6. The summed E-state index contributed by atoms with van der Waals surface area (Å²) in [7, 11) is 0. The first kappa shape index (κ1) is 14.3. The molecule has 0 aromatic heterocycles. The number of aliphatic imine (C=N–C) groups is 1. The highest BCUT2D eigenvalue weighted by Gasteiger charge is 2.15. The minimum absolute atomic E-state index is 0.133. The van der Waals surface area contributed by atoms with Gasteiger partial charge in [-0.2, -0.15) is 0 Å². The normalized spacial score (nSPS) is 12.6. The van der Waals surface area contributed by atoms with E-state index in [1.165, 1.54) is 24.4 Å². The van der Waals surface area contributed by atoms with Crippen LogP contribution >= 0.6 is 15.9 Å². The lowest BCUT2D eigenvalue weighted by Crippen LogP contribution is -2.13. The molecule has 0 aliphatic rings. The molecular formula is C11H11BrN2O4. The molecule has 0 radical (unpaired) electrons. The molecule has 0 aliphatic heterocycles. The third-order valence-electron chi connectivity index (χ3n) is 2.28. The van der Waals surface area contributed by atoms with Crippen LogP contribution in [0, 0.1) is 16.0 Å². The summed E-state index contributed by atoms with van der Waals surface area (Å²) in [6.07, 6.45) is 1.59. The van der Waals surface area contributed by atoms with Crippen LogP contribution in [0.3, 0.4) is 0 Å². The number of carbonyl (C=O) groups is 1. The SMILES string of the molecule is CCC(C=Nc1cc(Br)ccc1[N+](=O)[O-])C(=O)O. The first-order valence-corrected chi connectivity index (χ1v) is 5.96. The topological polar surface area (TPSA) is 92.8 Å². The zero-order valence-electron chi connectivity index (χ0n) is 9.54.